The third-order valence-electron chi connectivity index (χ3n) is 5.43. The molecule has 0 saturated carbocycles. The van der Waals surface area contributed by atoms with Crippen LogP contribution in [0.5, 0.6) is 0 Å². The molecule has 0 bridgehead atoms. The van der Waals surface area contributed by atoms with Crippen molar-refractivity contribution in [3.63, 3.8) is 0 Å². The van der Waals surface area contributed by atoms with E-state index in [-0.39, 0.29) is 17.8 Å². The van der Waals surface area contributed by atoms with Crippen molar-refractivity contribution >= 4 is 23.4 Å². The van der Waals surface area contributed by atoms with Gasteiger partial charge in [-0.15, -0.1) is 0 Å². The Morgan fingerprint density at radius 2 is 1.91 bits per heavy atom. The number of aliphatic imine (C=N–C) groups is 1. The Hall–Kier alpha value is -4.70. The number of guanidine groups is 1. The second kappa shape index (κ2) is 10.7. The zero-order valence-corrected chi connectivity index (χ0v) is 18.5. The zero-order valence-electron chi connectivity index (χ0n) is 18.5. The van der Waals surface area contributed by atoms with Crippen LogP contribution in [-0.2, 0) is 11.3 Å². The van der Waals surface area contributed by atoms with Crippen molar-refractivity contribution in [1.29, 1.82) is 5.26 Å². The van der Waals surface area contributed by atoms with Gasteiger partial charge < -0.3 is 16.4 Å². The molecule has 0 radical (unpaired) electrons. The number of anilines is 1. The van der Waals surface area contributed by atoms with E-state index < -0.39 is 0 Å². The predicted octanol–water partition coefficient (Wildman–Crippen LogP) is 3.72. The maximum absolute atomic E-state index is 12.6. The van der Waals surface area contributed by atoms with Gasteiger partial charge in [-0.25, -0.2) is 4.98 Å². The van der Waals surface area contributed by atoms with Crippen molar-refractivity contribution in [1.82, 2.24) is 5.32 Å². The summed E-state index contributed by atoms with van der Waals surface area (Å²) in [7, 11) is 0. The number of aromatic amines is 1. The van der Waals surface area contributed by atoms with Gasteiger partial charge >= 0.3 is 11.8 Å². The van der Waals surface area contributed by atoms with Crippen LogP contribution < -0.4 is 21.4 Å². The molecule has 1 atom stereocenters. The van der Waals surface area contributed by atoms with E-state index in [0.717, 1.165) is 17.5 Å². The first-order valence-corrected chi connectivity index (χ1v) is 10.9. The number of nitrogens with two attached hydrogens (primary N) is 1. The lowest BCUT2D eigenvalue weighted by molar-refractivity contribution is -0.363. The van der Waals surface area contributed by atoms with Crippen LogP contribution in [0.2, 0.25) is 0 Å². The Morgan fingerprint density at radius 1 is 1.12 bits per heavy atom. The molecule has 7 heteroatoms. The van der Waals surface area contributed by atoms with E-state index in [2.05, 4.69) is 26.7 Å². The number of nitrogens with one attached hydrogen (secondary N) is 3. The summed E-state index contributed by atoms with van der Waals surface area (Å²) < 4.78 is 0. The van der Waals surface area contributed by atoms with Crippen molar-refractivity contribution in [2.24, 2.45) is 10.7 Å². The van der Waals surface area contributed by atoms with E-state index in [9.17, 15) is 10.1 Å². The number of para-hydroxylation sites is 1. The first-order valence-electron chi connectivity index (χ1n) is 10.9. The van der Waals surface area contributed by atoms with Crippen molar-refractivity contribution in [3.8, 4) is 6.07 Å². The molecule has 2 aromatic carbocycles. The molecule has 1 unspecified atom stereocenters. The van der Waals surface area contributed by atoms with Gasteiger partial charge in [0.15, 0.2) is 0 Å². The van der Waals surface area contributed by atoms with Crippen LogP contribution in [0.15, 0.2) is 102 Å². The van der Waals surface area contributed by atoms with E-state index >= 15 is 0 Å². The number of H-pyrrole nitrogens is 1. The second-order valence-corrected chi connectivity index (χ2v) is 7.82. The minimum atomic E-state index is -0.0912. The molecular weight excluding hydrogens is 424 g/mol. The van der Waals surface area contributed by atoms with Crippen molar-refractivity contribution in [3.05, 3.63) is 113 Å². The number of hydrogen-bond acceptors (Lipinski definition) is 3. The molecule has 1 aliphatic carbocycles. The number of amides is 1. The smallest absolute Gasteiger partial charge is 0.325 e. The lowest BCUT2D eigenvalue weighted by Gasteiger charge is -2.16. The van der Waals surface area contributed by atoms with Gasteiger partial charge in [0, 0.05) is 24.1 Å². The minimum Gasteiger partial charge on any atom is -0.348 e. The molecule has 7 nitrogen and oxygen atoms in total. The standard InChI is InChI=1S/C27H24N6O/c28-16-22-9-4-5-12-24(22)32-27(29)33-25-14-13-23(18-30-25)20-10-6-11-21(15-20)26(34)31-17-19-7-2-1-3-8-19/h1-9,11-15,18,20H,10,17H2,(H,31,34)(H3,29,30,32,33)/p+1. The number of hydrogen-bond donors (Lipinski definition) is 3. The highest BCUT2D eigenvalue weighted by Crippen LogP contribution is 2.27. The van der Waals surface area contributed by atoms with E-state index in [1.165, 1.54) is 0 Å². The maximum Gasteiger partial charge on any atom is 0.325 e. The van der Waals surface area contributed by atoms with Gasteiger partial charge in [0.2, 0.25) is 0 Å². The molecule has 3 aromatic rings. The average molecular weight is 450 g/mol. The summed E-state index contributed by atoms with van der Waals surface area (Å²) >= 11 is 0. The highest BCUT2D eigenvalue weighted by molar-refractivity contribution is 5.96. The van der Waals surface area contributed by atoms with Gasteiger partial charge in [-0.3, -0.25) is 4.79 Å². The molecule has 0 saturated heterocycles. The minimum absolute atomic E-state index is 0.0785. The normalized spacial score (nSPS) is 15.2. The highest BCUT2D eigenvalue weighted by atomic mass is 16.1. The molecule has 1 aliphatic rings. The quantitative estimate of drug-likeness (QED) is 0.393. The fourth-order valence-corrected chi connectivity index (χ4v) is 3.66. The van der Waals surface area contributed by atoms with Gasteiger partial charge in [0.05, 0.1) is 17.4 Å². The molecule has 1 heterocycles. The summed E-state index contributed by atoms with van der Waals surface area (Å²) in [5, 5.41) is 15.1. The van der Waals surface area contributed by atoms with Gasteiger partial charge in [0.25, 0.3) is 5.91 Å². The number of carbonyl (C=O) groups is 1. The average Bonchev–Trinajstić information content (AvgIpc) is 2.88. The molecule has 168 valence electrons. The molecule has 1 amide bonds. The summed E-state index contributed by atoms with van der Waals surface area (Å²) in [6.45, 7) is 0.490. The second-order valence-electron chi connectivity index (χ2n) is 7.82. The molecule has 0 aliphatic heterocycles. The monoisotopic (exact) mass is 449 g/mol. The largest absolute Gasteiger partial charge is 0.348 e. The van der Waals surface area contributed by atoms with Gasteiger partial charge in [0.1, 0.15) is 6.07 Å². The van der Waals surface area contributed by atoms with Crippen LogP contribution in [0.1, 0.15) is 29.0 Å². The molecule has 1 aromatic heterocycles. The van der Waals surface area contributed by atoms with Crippen LogP contribution in [-0.4, -0.2) is 11.9 Å². The summed E-state index contributed by atoms with van der Waals surface area (Å²) in [5.41, 5.74) is 9.84. The summed E-state index contributed by atoms with van der Waals surface area (Å²) in [5.74, 6) is 0.727. The van der Waals surface area contributed by atoms with E-state index in [0.29, 0.717) is 29.2 Å². The van der Waals surface area contributed by atoms with Gasteiger partial charge in [-0.05, 0) is 40.7 Å². The zero-order chi connectivity index (χ0) is 23.8. The Labute approximate surface area is 198 Å². The Kier molecular flexibility index (Phi) is 7.11. The van der Waals surface area contributed by atoms with Crippen LogP contribution in [0.3, 0.4) is 0 Å². The van der Waals surface area contributed by atoms with Gasteiger partial charge in [-0.2, -0.15) is 5.26 Å². The molecule has 0 fully saturated rings. The Bertz CT molecular complexity index is 1290. The highest BCUT2D eigenvalue weighted by Gasteiger charge is 2.17. The number of pyridine rings is 1. The van der Waals surface area contributed by atoms with E-state index in [4.69, 9.17) is 5.73 Å². The first kappa shape index (κ1) is 22.5. The Balaban J connectivity index is 1.40. The topological polar surface area (TPSA) is 117 Å². The third-order valence-corrected chi connectivity index (χ3v) is 5.43. The predicted molar refractivity (Wildman–Crippen MR) is 132 cm³/mol. The number of rotatable bonds is 6. The Morgan fingerprint density at radius 3 is 2.68 bits per heavy atom. The fraction of sp³-hybridized carbons (Fsp3) is 0.111. The number of carbonyl (C=O) groups excluding carboxylic acids is 1. The number of allylic oxidation sites excluding steroid dienone is 2. The number of nitriles is 1. The van der Waals surface area contributed by atoms with Crippen LogP contribution in [0, 0.1) is 11.3 Å². The van der Waals surface area contributed by atoms with E-state index in [1.54, 1.807) is 18.2 Å². The SMILES string of the molecule is N#Cc1ccccc1NC(N)=Nc1ccc(C2C=C(C(=O)NCc3ccccc3)C=CC2)c[nH+]1. The van der Waals surface area contributed by atoms with Crippen LogP contribution in [0.4, 0.5) is 11.5 Å². The van der Waals surface area contributed by atoms with Gasteiger partial charge in [-0.1, -0.05) is 60.7 Å². The molecular formula is C27H25N6O+. The summed E-state index contributed by atoms with van der Waals surface area (Å²) in [6.07, 6.45) is 8.55. The van der Waals surface area contributed by atoms with Crippen LogP contribution in [0.25, 0.3) is 0 Å². The number of nitrogens with zero attached hydrogens (tertiary/aromatic N) is 2. The third kappa shape index (κ3) is 5.75. The lowest BCUT2D eigenvalue weighted by Crippen LogP contribution is -2.25. The molecule has 4 rings (SSSR count). The van der Waals surface area contributed by atoms with Crippen LogP contribution >= 0.6 is 0 Å². The van der Waals surface area contributed by atoms with Crippen molar-refractivity contribution in [2.45, 2.75) is 18.9 Å². The van der Waals surface area contributed by atoms with E-state index in [1.807, 2.05) is 73.0 Å². The fourth-order valence-electron chi connectivity index (χ4n) is 3.66. The maximum atomic E-state index is 12.6. The number of benzene rings is 2. The van der Waals surface area contributed by atoms with Crippen molar-refractivity contribution in [2.75, 3.05) is 5.32 Å². The molecule has 34 heavy (non-hydrogen) atoms. The van der Waals surface area contributed by atoms with Crippen molar-refractivity contribution < 1.29 is 9.78 Å². The summed E-state index contributed by atoms with van der Waals surface area (Å²) in [4.78, 5) is 20.1. The lowest BCUT2D eigenvalue weighted by atomic mass is 9.90. The first-order chi connectivity index (χ1) is 16.6. The molecule has 5 N–H and O–H groups in total. The number of aromatic nitrogens is 1. The summed E-state index contributed by atoms with van der Waals surface area (Å²) in [6, 6.07) is 22.8. The molecule has 0 spiro atoms.